The molecule has 0 fully saturated rings. The van der Waals surface area contributed by atoms with Crippen molar-refractivity contribution in [1.29, 1.82) is 0 Å². The maximum Gasteiger partial charge on any atom is 0.0408 e. The first-order valence-electron chi connectivity index (χ1n) is 9.53. The third-order valence-corrected chi connectivity index (χ3v) is 3.65. The third-order valence-electron chi connectivity index (χ3n) is 2.94. The van der Waals surface area contributed by atoms with E-state index in [9.17, 15) is 0 Å². The van der Waals surface area contributed by atoms with Crippen molar-refractivity contribution in [2.75, 3.05) is 0 Å². The van der Waals surface area contributed by atoms with E-state index in [1.165, 1.54) is 16.7 Å². The van der Waals surface area contributed by atoms with E-state index in [0.29, 0.717) is 0 Å². The Morgan fingerprint density at radius 1 is 0.429 bits per heavy atom. The molecule has 0 saturated carbocycles. The van der Waals surface area contributed by atoms with Gasteiger partial charge in [0.2, 0.25) is 0 Å². The zero-order valence-electron chi connectivity index (χ0n) is 18.1. The Labute approximate surface area is 187 Å². The van der Waals surface area contributed by atoms with Gasteiger partial charge in [-0.15, -0.1) is 0 Å². The van der Waals surface area contributed by atoms with E-state index in [2.05, 4.69) is 0 Å². The van der Waals surface area contributed by atoms with Crippen LogP contribution in [0, 0.1) is 20.8 Å². The summed E-state index contributed by atoms with van der Waals surface area (Å²) in [7, 11) is 0. The van der Waals surface area contributed by atoms with Crippen molar-refractivity contribution in [3.63, 3.8) is 0 Å². The largest absolute Gasteiger partial charge is 0.0843 e. The van der Waals surface area contributed by atoms with Crippen molar-refractivity contribution < 1.29 is 0 Å². The highest BCUT2D eigenvalue weighted by Crippen LogP contribution is 2.09. The Hall–Kier alpha value is -1.47. The molecule has 0 bridgehead atoms. The summed E-state index contributed by atoms with van der Waals surface area (Å²) in [5, 5.41) is 2.43. The van der Waals surface area contributed by atoms with Gasteiger partial charge in [0.15, 0.2) is 0 Å². The fraction of sp³-hybridized carbons (Fsp3) is 0.280. The van der Waals surface area contributed by atoms with Crippen molar-refractivity contribution in [3.8, 4) is 0 Å². The van der Waals surface area contributed by atoms with Gasteiger partial charge in [-0.1, -0.05) is 98.9 Å². The second kappa shape index (κ2) is 18.9. The molecule has 0 heterocycles. The van der Waals surface area contributed by atoms with E-state index >= 15 is 0 Å². The molecule has 0 unspecified atom stereocenters. The van der Waals surface area contributed by atoms with Gasteiger partial charge >= 0.3 is 0 Å². The quantitative estimate of drug-likeness (QED) is 0.327. The van der Waals surface area contributed by atoms with Gasteiger partial charge in [-0.05, 0) is 73.9 Å². The van der Waals surface area contributed by atoms with Gasteiger partial charge in [-0.3, -0.25) is 0 Å². The summed E-state index contributed by atoms with van der Waals surface area (Å²) in [5.41, 5.74) is 3.62. The molecule has 0 nitrogen and oxygen atoms in total. The number of hydrogen-bond donors (Lipinski definition) is 0. The first-order valence-corrected chi connectivity index (χ1v) is 10.7. The zero-order chi connectivity index (χ0) is 21.9. The topological polar surface area (TPSA) is 0 Å². The molecule has 0 aliphatic rings. The van der Waals surface area contributed by atoms with Crippen molar-refractivity contribution >= 4 is 34.8 Å². The Morgan fingerprint density at radius 3 is 0.750 bits per heavy atom. The molecule has 28 heavy (non-hydrogen) atoms. The smallest absolute Gasteiger partial charge is 0.0408 e. The van der Waals surface area contributed by atoms with Crippen LogP contribution in [0.25, 0.3) is 0 Å². The first-order chi connectivity index (χ1) is 13.4. The van der Waals surface area contributed by atoms with Crippen LogP contribution in [0.15, 0.2) is 72.8 Å². The van der Waals surface area contributed by atoms with Crippen LogP contribution in [-0.2, 0) is 0 Å². The maximum atomic E-state index is 5.64. The van der Waals surface area contributed by atoms with Gasteiger partial charge in [-0.25, -0.2) is 0 Å². The Balaban J connectivity index is 0. The predicted molar refractivity (Wildman–Crippen MR) is 131 cm³/mol. The number of aryl methyl sites for hydroxylation is 3. The fourth-order valence-electron chi connectivity index (χ4n) is 1.82. The van der Waals surface area contributed by atoms with Crippen LogP contribution in [0.5, 0.6) is 0 Å². The molecular formula is C25H33Cl3. The van der Waals surface area contributed by atoms with E-state index in [1.807, 2.05) is 121 Å². The molecule has 0 saturated heterocycles. The lowest BCUT2D eigenvalue weighted by Gasteiger charge is -1.88. The Bertz CT molecular complexity index is 597. The van der Waals surface area contributed by atoms with Crippen LogP contribution in [-0.4, -0.2) is 0 Å². The summed E-state index contributed by atoms with van der Waals surface area (Å²) in [6.45, 7) is 14.1. The molecule has 3 heteroatoms. The van der Waals surface area contributed by atoms with Crippen molar-refractivity contribution in [3.05, 3.63) is 105 Å². The molecule has 0 radical (unpaired) electrons. The van der Waals surface area contributed by atoms with Crippen LogP contribution < -0.4 is 0 Å². The molecule has 0 spiro atoms. The van der Waals surface area contributed by atoms with Crippen LogP contribution >= 0.6 is 34.8 Å². The summed E-state index contributed by atoms with van der Waals surface area (Å²) >= 11 is 16.9. The summed E-state index contributed by atoms with van der Waals surface area (Å²) in [5.74, 6) is 0. The Morgan fingerprint density at radius 2 is 0.643 bits per heavy atom. The molecule has 3 rings (SSSR count). The molecule has 0 aromatic heterocycles. The molecule has 0 atom stereocenters. The zero-order valence-corrected chi connectivity index (χ0v) is 20.3. The van der Waals surface area contributed by atoms with Crippen LogP contribution in [0.4, 0.5) is 0 Å². The average Bonchev–Trinajstić information content (AvgIpc) is 2.65. The average molecular weight is 440 g/mol. The highest BCUT2D eigenvalue weighted by molar-refractivity contribution is 6.31. The molecule has 0 amide bonds. The Kier molecular flexibility index (Phi) is 19.4. The molecule has 154 valence electrons. The minimum Gasteiger partial charge on any atom is -0.0843 e. The lowest BCUT2D eigenvalue weighted by molar-refractivity contribution is 1.47. The van der Waals surface area contributed by atoms with Crippen molar-refractivity contribution in [2.24, 2.45) is 0 Å². The molecule has 0 N–H and O–H groups in total. The lowest BCUT2D eigenvalue weighted by atomic mass is 10.2. The van der Waals surface area contributed by atoms with Crippen LogP contribution in [0.1, 0.15) is 44.4 Å². The summed E-state index contributed by atoms with van der Waals surface area (Å²) < 4.78 is 0. The highest BCUT2D eigenvalue weighted by Gasteiger charge is 1.84. The van der Waals surface area contributed by atoms with Gasteiger partial charge in [0, 0.05) is 15.1 Å². The van der Waals surface area contributed by atoms with E-state index in [1.54, 1.807) is 0 Å². The maximum absolute atomic E-state index is 5.64. The number of hydrogen-bond acceptors (Lipinski definition) is 0. The minimum absolute atomic E-state index is 0.810. The van der Waals surface area contributed by atoms with Gasteiger partial charge in [0.05, 0.1) is 0 Å². The number of halogens is 3. The van der Waals surface area contributed by atoms with Crippen molar-refractivity contribution in [1.82, 2.24) is 0 Å². The number of rotatable bonds is 0. The van der Waals surface area contributed by atoms with Gasteiger partial charge < -0.3 is 0 Å². The normalized spacial score (nSPS) is 8.36. The molecule has 0 aliphatic carbocycles. The summed E-state index contributed by atoms with van der Waals surface area (Å²) in [6.07, 6.45) is 0. The molecule has 3 aromatic carbocycles. The number of benzene rings is 3. The highest BCUT2D eigenvalue weighted by atomic mass is 35.5. The van der Waals surface area contributed by atoms with E-state index in [4.69, 9.17) is 34.8 Å². The summed E-state index contributed by atoms with van der Waals surface area (Å²) in [4.78, 5) is 0. The summed E-state index contributed by atoms with van der Waals surface area (Å²) in [6, 6.07) is 23.3. The molecule has 3 aromatic rings. The monoisotopic (exact) mass is 438 g/mol. The van der Waals surface area contributed by atoms with Gasteiger partial charge in [-0.2, -0.15) is 0 Å². The first kappa shape index (κ1) is 28.7. The van der Waals surface area contributed by atoms with Gasteiger partial charge in [0.1, 0.15) is 0 Å². The minimum atomic E-state index is 0.810. The van der Waals surface area contributed by atoms with Crippen LogP contribution in [0.3, 0.4) is 0 Å². The molecule has 0 aliphatic heterocycles. The van der Waals surface area contributed by atoms with Crippen LogP contribution in [0.2, 0.25) is 15.1 Å². The van der Waals surface area contributed by atoms with E-state index < -0.39 is 0 Å². The fourth-order valence-corrected chi connectivity index (χ4v) is 2.55. The standard InChI is InChI=1S/3C7H7Cl.2C2H6/c3*1-6-3-2-4-7(8)5-6;2*1-2/h3*2-5H,1H3;2*1-2H3. The van der Waals surface area contributed by atoms with Gasteiger partial charge in [0.25, 0.3) is 0 Å². The SMILES string of the molecule is CC.CC.Cc1cccc(Cl)c1.Cc1cccc(Cl)c1.Cc1cccc(Cl)c1. The van der Waals surface area contributed by atoms with Crippen molar-refractivity contribution in [2.45, 2.75) is 48.5 Å². The second-order valence-electron chi connectivity index (χ2n) is 5.40. The second-order valence-corrected chi connectivity index (χ2v) is 6.71. The molecular weight excluding hydrogens is 407 g/mol. The van der Waals surface area contributed by atoms with E-state index in [-0.39, 0.29) is 0 Å². The van der Waals surface area contributed by atoms with E-state index in [0.717, 1.165) is 15.1 Å². The lowest BCUT2D eigenvalue weighted by Crippen LogP contribution is -1.66. The third kappa shape index (κ3) is 16.7. The predicted octanol–water partition coefficient (Wildman–Crippen LogP) is 10.00.